The molecule has 0 saturated carbocycles. The molecule has 0 bridgehead atoms. The Bertz CT molecular complexity index is 1960. The molecule has 6 heteroatoms. The summed E-state index contributed by atoms with van der Waals surface area (Å²) in [7, 11) is 0. The molecule has 5 nitrogen and oxygen atoms in total. The molecule has 0 saturated heterocycles. The summed E-state index contributed by atoms with van der Waals surface area (Å²) in [5, 5.41) is 13.6. The zero-order chi connectivity index (χ0) is 36.9. The summed E-state index contributed by atoms with van der Waals surface area (Å²) in [5.74, 6) is 1.85. The van der Waals surface area contributed by atoms with Crippen LogP contribution in [0.2, 0.25) is 0 Å². The molecule has 2 aromatic carbocycles. The number of nitrogens with zero attached hydrogens (tertiary/aromatic N) is 2. The van der Waals surface area contributed by atoms with Gasteiger partial charge in [-0.05, 0) is 60.8 Å². The van der Waals surface area contributed by atoms with E-state index in [0.717, 1.165) is 76.7 Å². The van der Waals surface area contributed by atoms with E-state index in [0.29, 0.717) is 5.92 Å². The molecule has 0 fully saturated rings. The van der Waals surface area contributed by atoms with Gasteiger partial charge >= 0.3 is 0 Å². The first kappa shape index (κ1) is 41.8. The van der Waals surface area contributed by atoms with Crippen molar-refractivity contribution in [1.29, 1.82) is 0 Å². The molecular weight excluding hydrogens is 809 g/mol. The minimum atomic E-state index is -0.337. The minimum absolute atomic E-state index is 0. The summed E-state index contributed by atoms with van der Waals surface area (Å²) in [6.45, 7) is 23.2. The first-order valence-corrected chi connectivity index (χ1v) is 18.3. The van der Waals surface area contributed by atoms with Crippen LogP contribution in [0.5, 0.6) is 0 Å². The molecule has 275 valence electrons. The van der Waals surface area contributed by atoms with Crippen molar-refractivity contribution < 1.29 is 34.4 Å². The Kier molecular flexibility index (Phi) is 14.2. The first-order valence-electron chi connectivity index (χ1n) is 18.3. The summed E-state index contributed by atoms with van der Waals surface area (Å²) in [6, 6.07) is 22.6. The Labute approximate surface area is 319 Å². The minimum Gasteiger partial charge on any atom is -0.512 e. The van der Waals surface area contributed by atoms with Crippen molar-refractivity contribution in [3.05, 3.63) is 96.2 Å². The van der Waals surface area contributed by atoms with Gasteiger partial charge in [-0.15, -0.1) is 29.1 Å². The Hall–Kier alpha value is -3.60. The van der Waals surface area contributed by atoms with Crippen LogP contribution in [0.3, 0.4) is 0 Å². The number of hydrogen-bond donors (Lipinski definition) is 1. The summed E-state index contributed by atoms with van der Waals surface area (Å²) < 4.78 is 5.97. The van der Waals surface area contributed by atoms with E-state index >= 15 is 0 Å². The number of carbonyl (C=O) groups excluding carboxylic acids is 1. The van der Waals surface area contributed by atoms with Crippen molar-refractivity contribution in [1.82, 2.24) is 9.97 Å². The SMILES string of the molecule is CC(C)Cc1cc2cc(-c3ccnc(-c4[c-]c5ccccc5c(C(C)(C)C)c4)c3)ncc2o1.CCC(C)(CC)C(=O)/C=C(\O)C(C)(CC)CC.[Ir]. The van der Waals surface area contributed by atoms with Gasteiger partial charge in [-0.3, -0.25) is 14.8 Å². The average molecular weight is 866 g/mol. The number of fused-ring (bicyclic) bond motifs is 2. The Morgan fingerprint density at radius 2 is 1.51 bits per heavy atom. The Morgan fingerprint density at radius 1 is 0.863 bits per heavy atom. The summed E-state index contributed by atoms with van der Waals surface area (Å²) in [5.41, 5.74) is 5.41. The summed E-state index contributed by atoms with van der Waals surface area (Å²) >= 11 is 0. The van der Waals surface area contributed by atoms with Crippen molar-refractivity contribution in [3.8, 4) is 22.5 Å². The van der Waals surface area contributed by atoms with Gasteiger partial charge in [-0.25, -0.2) is 0 Å². The van der Waals surface area contributed by atoms with Crippen LogP contribution in [0, 0.1) is 22.8 Å². The number of carbonyl (C=O) groups is 1. The molecule has 0 unspecified atom stereocenters. The second-order valence-electron chi connectivity index (χ2n) is 15.7. The number of pyridine rings is 2. The van der Waals surface area contributed by atoms with Crippen LogP contribution >= 0.6 is 0 Å². The van der Waals surface area contributed by atoms with Gasteiger partial charge in [0.1, 0.15) is 11.5 Å². The van der Waals surface area contributed by atoms with Crippen molar-refractivity contribution in [2.45, 2.75) is 114 Å². The molecule has 0 atom stereocenters. The maximum atomic E-state index is 12.2. The van der Waals surface area contributed by atoms with Crippen molar-refractivity contribution >= 4 is 27.5 Å². The smallest absolute Gasteiger partial charge is 0.164 e. The molecule has 51 heavy (non-hydrogen) atoms. The number of aromatic nitrogens is 2. The van der Waals surface area contributed by atoms with Crippen LogP contribution in [0.1, 0.15) is 113 Å². The van der Waals surface area contributed by atoms with Gasteiger partial charge in [0.15, 0.2) is 11.4 Å². The standard InChI is InChI=1S/C30H29N2O.C15H28O2.Ir/c1-19(2)12-24-14-23-17-27(32-18-29(23)33-24)21-10-11-31-28(16-21)22-13-20-8-6-7-9-25(20)26(15-22)30(3,4)5;1-7-14(5,8-2)12(16)11-13(17)15(6,9-3)10-4;/h6-11,14-19H,12H2,1-5H3;11,16H,7-10H2,1-6H3;/q-1;;/b;12-11-;. The van der Waals surface area contributed by atoms with Gasteiger partial charge in [0, 0.05) is 60.7 Å². The third kappa shape index (κ3) is 9.84. The largest absolute Gasteiger partial charge is 0.512 e. The quantitative estimate of drug-likeness (QED) is 0.0813. The Morgan fingerprint density at radius 3 is 2.12 bits per heavy atom. The molecule has 0 amide bonds. The number of hydrogen-bond acceptors (Lipinski definition) is 5. The van der Waals surface area contributed by atoms with Gasteiger partial charge in [-0.2, -0.15) is 0 Å². The molecule has 3 aromatic heterocycles. The Balaban J connectivity index is 0.000000335. The van der Waals surface area contributed by atoms with Crippen molar-refractivity contribution in [2.24, 2.45) is 16.7 Å². The van der Waals surface area contributed by atoms with Gasteiger partial charge < -0.3 is 9.52 Å². The zero-order valence-electron chi connectivity index (χ0n) is 32.5. The molecule has 1 N–H and O–H groups in total. The molecular formula is C45H57IrN2O3-. The van der Waals surface area contributed by atoms with E-state index in [1.54, 1.807) is 0 Å². The molecule has 0 spiro atoms. The normalized spacial score (nSPS) is 12.5. The molecule has 5 rings (SSSR count). The van der Waals surface area contributed by atoms with Crippen LogP contribution in [-0.2, 0) is 36.7 Å². The fraction of sp³-hybridized carbons (Fsp3) is 0.444. The predicted molar refractivity (Wildman–Crippen MR) is 209 cm³/mol. The average Bonchev–Trinajstić information content (AvgIpc) is 3.51. The fourth-order valence-corrected chi connectivity index (χ4v) is 6.07. The molecule has 0 aliphatic rings. The van der Waals surface area contributed by atoms with Crippen molar-refractivity contribution in [3.63, 3.8) is 0 Å². The number of aliphatic hydroxyl groups excluding tert-OH is 1. The van der Waals surface area contributed by atoms with Crippen LogP contribution < -0.4 is 0 Å². The maximum absolute atomic E-state index is 12.2. The van der Waals surface area contributed by atoms with E-state index in [-0.39, 0.29) is 47.9 Å². The fourth-order valence-electron chi connectivity index (χ4n) is 6.07. The zero-order valence-corrected chi connectivity index (χ0v) is 34.9. The molecule has 0 aliphatic carbocycles. The van der Waals surface area contributed by atoms with Crippen molar-refractivity contribution in [2.75, 3.05) is 0 Å². The van der Waals surface area contributed by atoms with Crippen LogP contribution in [0.25, 0.3) is 44.3 Å². The van der Waals surface area contributed by atoms with Gasteiger partial charge in [0.2, 0.25) is 0 Å². The maximum Gasteiger partial charge on any atom is 0.164 e. The molecule has 5 aromatic rings. The van der Waals surface area contributed by atoms with Crippen LogP contribution in [0.4, 0.5) is 0 Å². The number of allylic oxidation sites excluding steroid dienone is 2. The number of aliphatic hydroxyl groups is 1. The van der Waals surface area contributed by atoms with E-state index in [4.69, 9.17) is 4.42 Å². The third-order valence-electron chi connectivity index (χ3n) is 10.6. The number of furan rings is 1. The monoisotopic (exact) mass is 866 g/mol. The van der Waals surface area contributed by atoms with Crippen LogP contribution in [0.15, 0.2) is 83.2 Å². The van der Waals surface area contributed by atoms with E-state index in [9.17, 15) is 9.90 Å². The molecule has 3 heterocycles. The van der Waals surface area contributed by atoms with E-state index < -0.39 is 0 Å². The third-order valence-corrected chi connectivity index (χ3v) is 10.6. The van der Waals surface area contributed by atoms with E-state index in [1.165, 1.54) is 17.0 Å². The number of ketones is 1. The first-order chi connectivity index (χ1) is 23.6. The summed E-state index contributed by atoms with van der Waals surface area (Å²) in [6.07, 6.45) is 9.37. The number of rotatable bonds is 11. The molecule has 0 aliphatic heterocycles. The van der Waals surface area contributed by atoms with Gasteiger partial charge in [0.25, 0.3) is 0 Å². The predicted octanol–water partition coefficient (Wildman–Crippen LogP) is 12.7. The summed E-state index contributed by atoms with van der Waals surface area (Å²) in [4.78, 5) is 21.5. The van der Waals surface area contributed by atoms with E-state index in [2.05, 4.69) is 99.2 Å². The topological polar surface area (TPSA) is 76.2 Å². The number of benzene rings is 2. The van der Waals surface area contributed by atoms with Gasteiger partial charge in [0.05, 0.1) is 11.9 Å². The second kappa shape index (κ2) is 17.3. The van der Waals surface area contributed by atoms with E-state index in [1.807, 2.05) is 60.0 Å². The molecule has 1 radical (unpaired) electrons. The van der Waals surface area contributed by atoms with Gasteiger partial charge in [-0.1, -0.05) is 111 Å². The van der Waals surface area contributed by atoms with Crippen LogP contribution in [-0.4, -0.2) is 20.9 Å². The second-order valence-corrected chi connectivity index (χ2v) is 15.7.